The number of hydrogen-bond donors (Lipinski definition) is 0. The summed E-state index contributed by atoms with van der Waals surface area (Å²) in [5, 5.41) is 0. The van der Waals surface area contributed by atoms with Gasteiger partial charge in [-0.2, -0.15) is 4.98 Å². The van der Waals surface area contributed by atoms with Crippen molar-refractivity contribution >= 4 is 16.9 Å². The van der Waals surface area contributed by atoms with Crippen molar-refractivity contribution < 1.29 is 0 Å². The van der Waals surface area contributed by atoms with Gasteiger partial charge in [0.15, 0.2) is 11.2 Å². The Morgan fingerprint density at radius 2 is 1.73 bits per heavy atom. The van der Waals surface area contributed by atoms with E-state index in [0.717, 1.165) is 41.1 Å². The van der Waals surface area contributed by atoms with Crippen LogP contribution in [0.5, 0.6) is 0 Å². The minimum atomic E-state index is -0.354. The van der Waals surface area contributed by atoms with Gasteiger partial charge >= 0.3 is 5.69 Å². The third-order valence-electron chi connectivity index (χ3n) is 4.48. The van der Waals surface area contributed by atoms with Gasteiger partial charge in [-0.25, -0.2) is 4.79 Å². The highest BCUT2D eigenvalue weighted by atomic mass is 16.2. The summed E-state index contributed by atoms with van der Waals surface area (Å²) < 4.78 is 6.57. The van der Waals surface area contributed by atoms with E-state index in [9.17, 15) is 9.59 Å². The molecule has 22 heavy (non-hydrogen) atoms. The summed E-state index contributed by atoms with van der Waals surface area (Å²) in [5.41, 5.74) is 2.35. The molecule has 3 aromatic rings. The van der Waals surface area contributed by atoms with Gasteiger partial charge in [-0.15, -0.1) is 0 Å². The Kier molecular flexibility index (Phi) is 3.23. The lowest BCUT2D eigenvalue weighted by Crippen LogP contribution is -2.37. The molecule has 3 aromatic heterocycles. The van der Waals surface area contributed by atoms with E-state index >= 15 is 0 Å². The predicted octanol–water partition coefficient (Wildman–Crippen LogP) is 1.10. The molecular formula is C15H21N5O2. The molecule has 0 aliphatic carbocycles. The predicted molar refractivity (Wildman–Crippen MR) is 85.6 cm³/mol. The molecule has 118 valence electrons. The monoisotopic (exact) mass is 303 g/mol. The van der Waals surface area contributed by atoms with Crippen LogP contribution in [0.1, 0.15) is 31.2 Å². The topological polar surface area (TPSA) is 66.2 Å². The van der Waals surface area contributed by atoms with Gasteiger partial charge in [-0.3, -0.25) is 18.3 Å². The zero-order valence-electron chi connectivity index (χ0n) is 13.7. The lowest BCUT2D eigenvalue weighted by atomic mass is 10.3. The van der Waals surface area contributed by atoms with Crippen molar-refractivity contribution in [3.05, 3.63) is 32.2 Å². The quantitative estimate of drug-likeness (QED) is 0.728. The number of fused-ring (bicyclic) bond motifs is 3. The van der Waals surface area contributed by atoms with E-state index in [2.05, 4.69) is 16.5 Å². The van der Waals surface area contributed by atoms with Crippen LogP contribution in [0, 0.1) is 13.8 Å². The van der Waals surface area contributed by atoms with Crippen molar-refractivity contribution in [2.75, 3.05) is 0 Å². The van der Waals surface area contributed by atoms with E-state index in [-0.39, 0.29) is 11.2 Å². The van der Waals surface area contributed by atoms with Crippen molar-refractivity contribution in [2.45, 2.75) is 40.2 Å². The Morgan fingerprint density at radius 3 is 2.36 bits per heavy atom. The normalized spacial score (nSPS) is 11.9. The number of aromatic nitrogens is 5. The van der Waals surface area contributed by atoms with Crippen molar-refractivity contribution in [1.29, 1.82) is 0 Å². The van der Waals surface area contributed by atoms with E-state index in [1.807, 2.05) is 18.2 Å². The Balaban J connectivity index is 2.53. The van der Waals surface area contributed by atoms with Crippen LogP contribution in [0.3, 0.4) is 0 Å². The Bertz CT molecular complexity index is 999. The zero-order valence-corrected chi connectivity index (χ0v) is 13.7. The van der Waals surface area contributed by atoms with Gasteiger partial charge in [-0.05, 0) is 20.3 Å². The van der Waals surface area contributed by atoms with Crippen LogP contribution in [0.25, 0.3) is 16.9 Å². The molecule has 0 saturated carbocycles. The molecule has 3 rings (SSSR count). The van der Waals surface area contributed by atoms with E-state index in [1.165, 1.54) is 11.6 Å². The van der Waals surface area contributed by atoms with Crippen molar-refractivity contribution in [1.82, 2.24) is 23.1 Å². The maximum absolute atomic E-state index is 12.5. The number of imidazole rings is 2. The molecule has 0 N–H and O–H groups in total. The Morgan fingerprint density at radius 1 is 1.05 bits per heavy atom. The first-order valence-corrected chi connectivity index (χ1v) is 7.54. The van der Waals surface area contributed by atoms with Crippen LogP contribution < -0.4 is 11.2 Å². The fourth-order valence-corrected chi connectivity index (χ4v) is 2.97. The molecule has 3 heterocycles. The fourth-order valence-electron chi connectivity index (χ4n) is 2.97. The number of aryl methyl sites for hydroxylation is 3. The second-order valence-corrected chi connectivity index (χ2v) is 5.80. The van der Waals surface area contributed by atoms with Gasteiger partial charge in [0.1, 0.15) is 0 Å². The molecule has 7 heteroatoms. The maximum Gasteiger partial charge on any atom is 0.332 e. The molecule has 0 spiro atoms. The SMILES string of the molecule is CCCCn1c(C)c(C)n2c3c(=O)n(C)c(=O)n(C)c3nc12. The third kappa shape index (κ3) is 1.71. The summed E-state index contributed by atoms with van der Waals surface area (Å²) in [7, 11) is 3.15. The largest absolute Gasteiger partial charge is 0.332 e. The minimum Gasteiger partial charge on any atom is -0.314 e. The van der Waals surface area contributed by atoms with Crippen LogP contribution in [0.4, 0.5) is 0 Å². The summed E-state index contributed by atoms with van der Waals surface area (Å²) in [6, 6.07) is 0. The summed E-state index contributed by atoms with van der Waals surface area (Å²) >= 11 is 0. The molecule has 0 aliphatic rings. The highest BCUT2D eigenvalue weighted by Crippen LogP contribution is 2.20. The summed E-state index contributed by atoms with van der Waals surface area (Å²) in [5.74, 6) is 0.733. The maximum atomic E-state index is 12.5. The molecule has 0 saturated heterocycles. The van der Waals surface area contributed by atoms with Gasteiger partial charge in [-0.1, -0.05) is 13.3 Å². The summed E-state index contributed by atoms with van der Waals surface area (Å²) in [6.45, 7) is 7.02. The Labute approximate surface area is 127 Å². The number of hydrogen-bond acceptors (Lipinski definition) is 3. The van der Waals surface area contributed by atoms with Gasteiger partial charge in [0.05, 0.1) is 0 Å². The molecule has 0 amide bonds. The number of rotatable bonds is 3. The molecule has 0 fully saturated rings. The molecule has 0 unspecified atom stereocenters. The summed E-state index contributed by atoms with van der Waals surface area (Å²) in [6.07, 6.45) is 2.13. The highest BCUT2D eigenvalue weighted by molar-refractivity contribution is 5.76. The lowest BCUT2D eigenvalue weighted by Gasteiger charge is -2.05. The fraction of sp³-hybridized carbons (Fsp3) is 0.533. The van der Waals surface area contributed by atoms with Gasteiger partial charge in [0, 0.05) is 32.0 Å². The second kappa shape index (κ2) is 4.86. The molecule has 0 aromatic carbocycles. The third-order valence-corrected chi connectivity index (χ3v) is 4.48. The second-order valence-electron chi connectivity index (χ2n) is 5.80. The Hall–Kier alpha value is -2.31. The van der Waals surface area contributed by atoms with Gasteiger partial charge < -0.3 is 4.57 Å². The van der Waals surface area contributed by atoms with Crippen LogP contribution in [0.2, 0.25) is 0 Å². The van der Waals surface area contributed by atoms with E-state index in [0.29, 0.717) is 11.2 Å². The van der Waals surface area contributed by atoms with E-state index < -0.39 is 0 Å². The smallest absolute Gasteiger partial charge is 0.314 e. The molecular weight excluding hydrogens is 282 g/mol. The first kappa shape index (κ1) is 14.6. The first-order valence-electron chi connectivity index (χ1n) is 7.54. The van der Waals surface area contributed by atoms with Crippen molar-refractivity contribution in [2.24, 2.45) is 14.1 Å². The first-order chi connectivity index (χ1) is 10.4. The molecule has 0 bridgehead atoms. The lowest BCUT2D eigenvalue weighted by molar-refractivity contribution is 0.631. The van der Waals surface area contributed by atoms with Crippen LogP contribution in [0.15, 0.2) is 9.59 Å². The number of nitrogens with zero attached hydrogens (tertiary/aromatic N) is 5. The number of unbranched alkanes of at least 4 members (excludes halogenated alkanes) is 1. The van der Waals surface area contributed by atoms with Gasteiger partial charge in [0.2, 0.25) is 5.78 Å². The average molecular weight is 303 g/mol. The van der Waals surface area contributed by atoms with Crippen molar-refractivity contribution in [3.8, 4) is 0 Å². The van der Waals surface area contributed by atoms with Crippen molar-refractivity contribution in [3.63, 3.8) is 0 Å². The van der Waals surface area contributed by atoms with E-state index in [1.54, 1.807) is 7.05 Å². The highest BCUT2D eigenvalue weighted by Gasteiger charge is 2.21. The van der Waals surface area contributed by atoms with Crippen LogP contribution >= 0.6 is 0 Å². The standard InChI is InChI=1S/C15H21N5O2/c1-6-7-8-19-9(2)10(3)20-11-12(16-14(19)20)17(4)15(22)18(5)13(11)21/h6-8H2,1-5H3. The molecule has 7 nitrogen and oxygen atoms in total. The minimum absolute atomic E-state index is 0.304. The van der Waals surface area contributed by atoms with E-state index in [4.69, 9.17) is 0 Å². The van der Waals surface area contributed by atoms with Crippen LogP contribution in [-0.4, -0.2) is 23.1 Å². The molecule has 0 aliphatic heterocycles. The molecule has 0 atom stereocenters. The zero-order chi connectivity index (χ0) is 16.2. The molecule has 0 radical (unpaired) electrons. The average Bonchev–Trinajstić information content (AvgIpc) is 2.99. The van der Waals surface area contributed by atoms with Crippen LogP contribution in [-0.2, 0) is 20.6 Å². The summed E-state index contributed by atoms with van der Waals surface area (Å²) in [4.78, 5) is 29.2. The van der Waals surface area contributed by atoms with Gasteiger partial charge in [0.25, 0.3) is 5.56 Å².